The summed E-state index contributed by atoms with van der Waals surface area (Å²) >= 11 is 0. The Bertz CT molecular complexity index is 347. The van der Waals surface area contributed by atoms with Crippen molar-refractivity contribution in [1.82, 2.24) is 9.97 Å². The lowest BCUT2D eigenvalue weighted by Gasteiger charge is -2.20. The smallest absolute Gasteiger partial charge is 0.216 e. The van der Waals surface area contributed by atoms with E-state index in [0.29, 0.717) is 11.3 Å². The molecule has 0 aliphatic heterocycles. The summed E-state index contributed by atoms with van der Waals surface area (Å²) < 4.78 is 5.06. The van der Waals surface area contributed by atoms with Crippen molar-refractivity contribution in [3.05, 3.63) is 18.1 Å². The van der Waals surface area contributed by atoms with Gasteiger partial charge in [0, 0.05) is 24.2 Å². The van der Waals surface area contributed by atoms with Gasteiger partial charge in [-0.15, -0.1) is 0 Å². The van der Waals surface area contributed by atoms with Crippen LogP contribution >= 0.6 is 0 Å². The van der Waals surface area contributed by atoms with Crippen molar-refractivity contribution in [2.45, 2.75) is 46.1 Å². The first-order chi connectivity index (χ1) is 7.90. The highest BCUT2D eigenvalue weighted by Gasteiger charge is 2.13. The molecule has 1 unspecified atom stereocenters. The van der Waals surface area contributed by atoms with Crippen LogP contribution in [0, 0.1) is 5.41 Å². The predicted molar refractivity (Wildman–Crippen MR) is 69.0 cm³/mol. The zero-order valence-electron chi connectivity index (χ0n) is 11.2. The van der Waals surface area contributed by atoms with Crippen molar-refractivity contribution in [1.29, 1.82) is 0 Å². The van der Waals surface area contributed by atoms with E-state index in [1.54, 1.807) is 7.11 Å². The molecule has 1 heterocycles. The van der Waals surface area contributed by atoms with Crippen LogP contribution in [0.25, 0.3) is 0 Å². The van der Waals surface area contributed by atoms with Crippen LogP contribution in [-0.2, 0) is 6.42 Å². The molecule has 4 heteroatoms. The van der Waals surface area contributed by atoms with Crippen molar-refractivity contribution in [3.8, 4) is 5.88 Å². The van der Waals surface area contributed by atoms with E-state index in [-0.39, 0.29) is 6.04 Å². The van der Waals surface area contributed by atoms with Crippen LogP contribution in [0.5, 0.6) is 5.88 Å². The molecule has 96 valence electrons. The number of hydrogen-bond donors (Lipinski definition) is 1. The topological polar surface area (TPSA) is 61.0 Å². The number of methoxy groups -OCH3 is 1. The van der Waals surface area contributed by atoms with E-state index < -0.39 is 0 Å². The number of rotatable bonds is 5. The van der Waals surface area contributed by atoms with Crippen LogP contribution in [0.15, 0.2) is 12.4 Å². The van der Waals surface area contributed by atoms with Gasteiger partial charge in [-0.2, -0.15) is 0 Å². The number of aromatic nitrogens is 2. The highest BCUT2D eigenvalue weighted by Crippen LogP contribution is 2.22. The van der Waals surface area contributed by atoms with Crippen LogP contribution in [-0.4, -0.2) is 23.1 Å². The molecule has 4 nitrogen and oxygen atoms in total. The van der Waals surface area contributed by atoms with Crippen LogP contribution in [0.1, 0.15) is 39.3 Å². The van der Waals surface area contributed by atoms with E-state index in [2.05, 4.69) is 30.7 Å². The lowest BCUT2D eigenvalue weighted by Crippen LogP contribution is -2.25. The van der Waals surface area contributed by atoms with E-state index >= 15 is 0 Å². The Morgan fingerprint density at radius 3 is 2.65 bits per heavy atom. The molecule has 1 atom stereocenters. The lowest BCUT2D eigenvalue weighted by atomic mass is 9.88. The van der Waals surface area contributed by atoms with Gasteiger partial charge in [0.2, 0.25) is 5.88 Å². The number of ether oxygens (including phenoxy) is 1. The van der Waals surface area contributed by atoms with Gasteiger partial charge in [0.15, 0.2) is 0 Å². The van der Waals surface area contributed by atoms with E-state index in [0.717, 1.165) is 25.0 Å². The van der Waals surface area contributed by atoms with E-state index in [9.17, 15) is 0 Å². The Morgan fingerprint density at radius 1 is 1.35 bits per heavy atom. The summed E-state index contributed by atoms with van der Waals surface area (Å²) in [6.45, 7) is 6.69. The van der Waals surface area contributed by atoms with Crippen LogP contribution < -0.4 is 10.5 Å². The Balaban J connectivity index is 2.47. The Morgan fingerprint density at radius 2 is 2.06 bits per heavy atom. The van der Waals surface area contributed by atoms with E-state index in [1.165, 1.54) is 6.33 Å². The number of nitrogens with zero attached hydrogens (tertiary/aromatic N) is 2. The Kier molecular flexibility index (Phi) is 4.87. The molecule has 0 saturated carbocycles. The molecule has 0 bridgehead atoms. The van der Waals surface area contributed by atoms with Crippen molar-refractivity contribution in [3.63, 3.8) is 0 Å². The van der Waals surface area contributed by atoms with Crippen LogP contribution in [0.2, 0.25) is 0 Å². The first kappa shape index (κ1) is 13.9. The molecule has 0 fully saturated rings. The third-order valence-corrected chi connectivity index (χ3v) is 2.64. The minimum absolute atomic E-state index is 0.147. The van der Waals surface area contributed by atoms with Crippen LogP contribution in [0.4, 0.5) is 0 Å². The molecule has 0 saturated heterocycles. The van der Waals surface area contributed by atoms with Gasteiger partial charge in [0.25, 0.3) is 0 Å². The zero-order chi connectivity index (χ0) is 12.9. The quantitative estimate of drug-likeness (QED) is 0.852. The van der Waals surface area contributed by atoms with Gasteiger partial charge in [-0.05, 0) is 18.3 Å². The molecule has 0 aliphatic carbocycles. The maximum atomic E-state index is 6.10. The first-order valence-electron chi connectivity index (χ1n) is 6.01. The molecule has 1 rings (SSSR count). The average molecular weight is 237 g/mol. The van der Waals surface area contributed by atoms with Gasteiger partial charge in [-0.25, -0.2) is 9.97 Å². The van der Waals surface area contributed by atoms with Gasteiger partial charge < -0.3 is 10.5 Å². The molecule has 1 aromatic rings. The van der Waals surface area contributed by atoms with Gasteiger partial charge in [-0.1, -0.05) is 20.8 Å². The summed E-state index contributed by atoms with van der Waals surface area (Å²) in [7, 11) is 1.60. The van der Waals surface area contributed by atoms with Crippen molar-refractivity contribution in [2.75, 3.05) is 7.11 Å². The molecule has 0 aromatic carbocycles. The van der Waals surface area contributed by atoms with Gasteiger partial charge in [0.05, 0.1) is 7.11 Å². The van der Waals surface area contributed by atoms with E-state index in [1.807, 2.05) is 6.07 Å². The van der Waals surface area contributed by atoms with Crippen LogP contribution in [0.3, 0.4) is 0 Å². The average Bonchev–Trinajstić information content (AvgIpc) is 2.26. The molecule has 1 aromatic heterocycles. The summed E-state index contributed by atoms with van der Waals surface area (Å²) in [6, 6.07) is 1.99. The van der Waals surface area contributed by atoms with Gasteiger partial charge >= 0.3 is 0 Å². The van der Waals surface area contributed by atoms with Crippen molar-refractivity contribution >= 4 is 0 Å². The molecule has 17 heavy (non-hydrogen) atoms. The Labute approximate surface area is 104 Å². The number of nitrogens with two attached hydrogens (primary N) is 1. The SMILES string of the molecule is COc1cc(CC(N)CCC(C)(C)C)ncn1. The zero-order valence-corrected chi connectivity index (χ0v) is 11.2. The monoisotopic (exact) mass is 237 g/mol. The fourth-order valence-electron chi connectivity index (χ4n) is 1.59. The first-order valence-corrected chi connectivity index (χ1v) is 6.01. The minimum atomic E-state index is 0.147. The van der Waals surface area contributed by atoms with E-state index in [4.69, 9.17) is 10.5 Å². The Hall–Kier alpha value is -1.16. The largest absolute Gasteiger partial charge is 0.481 e. The number of hydrogen-bond acceptors (Lipinski definition) is 4. The molecule has 0 spiro atoms. The van der Waals surface area contributed by atoms with Gasteiger partial charge in [-0.3, -0.25) is 0 Å². The molecule has 0 amide bonds. The highest BCUT2D eigenvalue weighted by atomic mass is 16.5. The molecular formula is C13H23N3O. The molecule has 2 N–H and O–H groups in total. The third kappa shape index (κ3) is 5.63. The summed E-state index contributed by atoms with van der Waals surface area (Å²) in [5, 5.41) is 0. The fourth-order valence-corrected chi connectivity index (χ4v) is 1.59. The molecule has 0 radical (unpaired) electrons. The second-order valence-electron chi connectivity index (χ2n) is 5.62. The van der Waals surface area contributed by atoms with Gasteiger partial charge in [0.1, 0.15) is 6.33 Å². The third-order valence-electron chi connectivity index (χ3n) is 2.64. The molecular weight excluding hydrogens is 214 g/mol. The fraction of sp³-hybridized carbons (Fsp3) is 0.692. The maximum Gasteiger partial charge on any atom is 0.216 e. The summed E-state index contributed by atoms with van der Waals surface area (Å²) in [6.07, 6.45) is 4.42. The minimum Gasteiger partial charge on any atom is -0.481 e. The molecule has 0 aliphatic rings. The van der Waals surface area contributed by atoms with Crippen molar-refractivity contribution in [2.24, 2.45) is 11.1 Å². The standard InChI is InChI=1S/C13H23N3O/c1-13(2,3)6-5-10(14)7-11-8-12(17-4)16-9-15-11/h8-10H,5-7,14H2,1-4H3. The maximum absolute atomic E-state index is 6.10. The normalized spacial score (nSPS) is 13.5. The lowest BCUT2D eigenvalue weighted by molar-refractivity contribution is 0.346. The predicted octanol–water partition coefficient (Wildman–Crippen LogP) is 2.18. The van der Waals surface area contributed by atoms with Crippen molar-refractivity contribution < 1.29 is 4.74 Å². The summed E-state index contributed by atoms with van der Waals surface area (Å²) in [4.78, 5) is 8.18. The second kappa shape index (κ2) is 5.96. The summed E-state index contributed by atoms with van der Waals surface area (Å²) in [5.74, 6) is 0.595. The second-order valence-corrected chi connectivity index (χ2v) is 5.62. The summed E-state index contributed by atoms with van der Waals surface area (Å²) in [5.41, 5.74) is 7.38. The highest BCUT2D eigenvalue weighted by molar-refractivity contribution is 5.14.